The molecule has 0 aliphatic heterocycles. The van der Waals surface area contributed by atoms with E-state index in [-0.39, 0.29) is 11.2 Å². The van der Waals surface area contributed by atoms with Crippen LogP contribution in [0.4, 0.5) is 5.69 Å². The maximum Gasteiger partial charge on any atom is 0.237 e. The van der Waals surface area contributed by atoms with Crippen molar-refractivity contribution in [2.45, 2.75) is 17.9 Å². The highest BCUT2D eigenvalue weighted by atomic mass is 79.9. The molecule has 3 nitrogen and oxygen atoms in total. The minimum Gasteiger partial charge on any atom is -0.468 e. The van der Waals surface area contributed by atoms with Crippen LogP contribution in [-0.4, -0.2) is 11.2 Å². The smallest absolute Gasteiger partial charge is 0.237 e. The lowest BCUT2D eigenvalue weighted by Crippen LogP contribution is -2.22. The Kier molecular flexibility index (Phi) is 5.10. The Morgan fingerprint density at radius 1 is 1.37 bits per heavy atom. The van der Waals surface area contributed by atoms with Gasteiger partial charge in [0.2, 0.25) is 5.91 Å². The Labute approximate surface area is 124 Å². The number of carbonyl (C=O) groups is 1. The highest BCUT2D eigenvalue weighted by Crippen LogP contribution is 2.20. The minimum absolute atomic E-state index is 0.00104. The summed E-state index contributed by atoms with van der Waals surface area (Å²) < 4.78 is 6.23. The van der Waals surface area contributed by atoms with Crippen molar-refractivity contribution in [2.75, 3.05) is 5.32 Å². The van der Waals surface area contributed by atoms with E-state index in [0.717, 1.165) is 15.9 Å². The third-order valence-electron chi connectivity index (χ3n) is 2.54. The summed E-state index contributed by atoms with van der Waals surface area (Å²) in [5, 5.41) is 2.76. The fourth-order valence-electron chi connectivity index (χ4n) is 1.45. The second kappa shape index (κ2) is 6.82. The first-order chi connectivity index (χ1) is 9.15. The van der Waals surface area contributed by atoms with Gasteiger partial charge in [-0.3, -0.25) is 4.79 Å². The first kappa shape index (κ1) is 14.2. The molecule has 19 heavy (non-hydrogen) atoms. The van der Waals surface area contributed by atoms with Gasteiger partial charge in [0.1, 0.15) is 5.76 Å². The van der Waals surface area contributed by atoms with E-state index in [0.29, 0.717) is 5.75 Å². The van der Waals surface area contributed by atoms with Crippen LogP contribution in [-0.2, 0) is 10.5 Å². The quantitative estimate of drug-likeness (QED) is 0.882. The number of anilines is 1. The van der Waals surface area contributed by atoms with E-state index in [1.54, 1.807) is 18.0 Å². The first-order valence-electron chi connectivity index (χ1n) is 5.85. The fraction of sp³-hybridized carbons (Fsp3) is 0.214. The summed E-state index contributed by atoms with van der Waals surface area (Å²) in [6.07, 6.45) is 1.64. The van der Waals surface area contributed by atoms with Gasteiger partial charge in [-0.25, -0.2) is 0 Å². The summed E-state index contributed by atoms with van der Waals surface area (Å²) in [6.45, 7) is 1.89. The number of benzene rings is 1. The second-order valence-electron chi connectivity index (χ2n) is 4.03. The van der Waals surface area contributed by atoms with Crippen LogP contribution in [0, 0.1) is 0 Å². The lowest BCUT2D eigenvalue weighted by Gasteiger charge is -2.11. The van der Waals surface area contributed by atoms with Crippen LogP contribution < -0.4 is 5.32 Å². The molecule has 5 heteroatoms. The largest absolute Gasteiger partial charge is 0.468 e. The monoisotopic (exact) mass is 339 g/mol. The van der Waals surface area contributed by atoms with Gasteiger partial charge in [0.05, 0.1) is 17.3 Å². The molecular weight excluding hydrogens is 326 g/mol. The molecule has 2 rings (SSSR count). The molecule has 0 saturated heterocycles. The van der Waals surface area contributed by atoms with Gasteiger partial charge in [0.15, 0.2) is 0 Å². The number of furan rings is 1. The molecule has 1 atom stereocenters. The zero-order valence-electron chi connectivity index (χ0n) is 10.4. The maximum atomic E-state index is 12.0. The van der Waals surface area contributed by atoms with Crippen LogP contribution in [0.3, 0.4) is 0 Å². The average molecular weight is 340 g/mol. The predicted octanol–water partition coefficient (Wildman–Crippen LogP) is 4.30. The summed E-state index contributed by atoms with van der Waals surface area (Å²) in [6, 6.07) is 11.3. The van der Waals surface area contributed by atoms with Crippen molar-refractivity contribution < 1.29 is 9.21 Å². The molecule has 1 heterocycles. The highest BCUT2D eigenvalue weighted by molar-refractivity contribution is 9.10. The SMILES string of the molecule is C[C@H](SCc1ccco1)C(=O)Nc1ccc(Br)cc1. The van der Waals surface area contributed by atoms with E-state index < -0.39 is 0 Å². The minimum atomic E-state index is -0.131. The van der Waals surface area contributed by atoms with Crippen molar-refractivity contribution in [3.63, 3.8) is 0 Å². The van der Waals surface area contributed by atoms with Gasteiger partial charge in [-0.2, -0.15) is 0 Å². The van der Waals surface area contributed by atoms with Crippen LogP contribution in [0.2, 0.25) is 0 Å². The van der Waals surface area contributed by atoms with Gasteiger partial charge in [-0.1, -0.05) is 15.9 Å². The Bertz CT molecular complexity index is 525. The van der Waals surface area contributed by atoms with E-state index >= 15 is 0 Å². The molecule has 0 spiro atoms. The molecule has 1 aromatic carbocycles. The summed E-state index contributed by atoms with van der Waals surface area (Å²) in [7, 11) is 0. The Morgan fingerprint density at radius 2 is 2.11 bits per heavy atom. The van der Waals surface area contributed by atoms with Crippen molar-refractivity contribution in [3.8, 4) is 0 Å². The van der Waals surface area contributed by atoms with Crippen molar-refractivity contribution in [2.24, 2.45) is 0 Å². The van der Waals surface area contributed by atoms with Gasteiger partial charge in [-0.05, 0) is 43.3 Å². The molecule has 0 unspecified atom stereocenters. The van der Waals surface area contributed by atoms with Crippen molar-refractivity contribution >= 4 is 39.3 Å². The van der Waals surface area contributed by atoms with Crippen LogP contribution >= 0.6 is 27.7 Å². The standard InChI is InChI=1S/C14H14BrNO2S/c1-10(19-9-13-3-2-8-18-13)14(17)16-12-6-4-11(15)5-7-12/h2-8,10H,9H2,1H3,(H,16,17)/t10-/m0/s1. The molecule has 0 radical (unpaired) electrons. The number of hydrogen-bond donors (Lipinski definition) is 1. The second-order valence-corrected chi connectivity index (χ2v) is 6.27. The lowest BCUT2D eigenvalue weighted by molar-refractivity contribution is -0.115. The van der Waals surface area contributed by atoms with Crippen LogP contribution in [0.25, 0.3) is 0 Å². The van der Waals surface area contributed by atoms with Crippen molar-refractivity contribution in [1.82, 2.24) is 0 Å². The molecule has 1 N–H and O–H groups in total. The van der Waals surface area contributed by atoms with Gasteiger partial charge >= 0.3 is 0 Å². The molecular formula is C14H14BrNO2S. The lowest BCUT2D eigenvalue weighted by atomic mass is 10.3. The number of carbonyl (C=O) groups excluding carboxylic acids is 1. The van der Waals surface area contributed by atoms with E-state index in [2.05, 4.69) is 21.2 Å². The van der Waals surface area contributed by atoms with E-state index in [1.165, 1.54) is 0 Å². The number of hydrogen-bond acceptors (Lipinski definition) is 3. The highest BCUT2D eigenvalue weighted by Gasteiger charge is 2.14. The van der Waals surface area contributed by atoms with Crippen molar-refractivity contribution in [3.05, 3.63) is 52.9 Å². The molecule has 1 amide bonds. The number of nitrogens with one attached hydrogen (secondary N) is 1. The molecule has 2 aromatic rings. The van der Waals surface area contributed by atoms with Gasteiger partial charge < -0.3 is 9.73 Å². The average Bonchev–Trinajstić information content (AvgIpc) is 2.91. The van der Waals surface area contributed by atoms with Crippen LogP contribution in [0.15, 0.2) is 51.6 Å². The summed E-state index contributed by atoms with van der Waals surface area (Å²) >= 11 is 4.91. The van der Waals surface area contributed by atoms with Gasteiger partial charge in [-0.15, -0.1) is 11.8 Å². The molecule has 1 aromatic heterocycles. The fourth-order valence-corrected chi connectivity index (χ4v) is 2.51. The maximum absolute atomic E-state index is 12.0. The first-order valence-corrected chi connectivity index (χ1v) is 7.70. The number of thioether (sulfide) groups is 1. The Morgan fingerprint density at radius 3 is 2.74 bits per heavy atom. The normalized spacial score (nSPS) is 12.1. The number of halogens is 1. The molecule has 100 valence electrons. The summed E-state index contributed by atoms with van der Waals surface area (Å²) in [4.78, 5) is 12.0. The Hall–Kier alpha value is -1.20. The topological polar surface area (TPSA) is 42.2 Å². The number of amides is 1. The summed E-state index contributed by atoms with van der Waals surface area (Å²) in [5.74, 6) is 1.58. The predicted molar refractivity (Wildman–Crippen MR) is 82.2 cm³/mol. The third kappa shape index (κ3) is 4.44. The molecule has 0 aliphatic rings. The van der Waals surface area contributed by atoms with E-state index in [1.807, 2.05) is 43.3 Å². The zero-order chi connectivity index (χ0) is 13.7. The molecule has 0 bridgehead atoms. The van der Waals surface area contributed by atoms with E-state index in [4.69, 9.17) is 4.42 Å². The van der Waals surface area contributed by atoms with Crippen LogP contribution in [0.5, 0.6) is 0 Å². The van der Waals surface area contributed by atoms with Crippen molar-refractivity contribution in [1.29, 1.82) is 0 Å². The van der Waals surface area contributed by atoms with Crippen LogP contribution in [0.1, 0.15) is 12.7 Å². The molecule has 0 fully saturated rings. The molecule has 0 aliphatic carbocycles. The van der Waals surface area contributed by atoms with Gasteiger partial charge in [0, 0.05) is 10.2 Å². The zero-order valence-corrected chi connectivity index (χ0v) is 12.8. The summed E-state index contributed by atoms with van der Waals surface area (Å²) in [5.41, 5.74) is 0.804. The third-order valence-corrected chi connectivity index (χ3v) is 4.23. The molecule has 0 saturated carbocycles. The Balaban J connectivity index is 1.83. The van der Waals surface area contributed by atoms with Gasteiger partial charge in [0.25, 0.3) is 0 Å². The van der Waals surface area contributed by atoms with E-state index in [9.17, 15) is 4.79 Å². The number of rotatable bonds is 5.